The number of quaternary nitrogens is 1. The van der Waals surface area contributed by atoms with Crippen LogP contribution in [0.2, 0.25) is 0 Å². The van der Waals surface area contributed by atoms with E-state index in [0.29, 0.717) is 10.6 Å². The van der Waals surface area contributed by atoms with Crippen molar-refractivity contribution >= 4 is 33.2 Å². The summed E-state index contributed by atoms with van der Waals surface area (Å²) in [6.07, 6.45) is 4.13. The third-order valence-electron chi connectivity index (χ3n) is 6.00. The summed E-state index contributed by atoms with van der Waals surface area (Å²) >= 11 is 2.77. The molecule has 2 aliphatic heterocycles. The number of nitrogens with zero attached hydrogens (tertiary/aromatic N) is 3. The van der Waals surface area contributed by atoms with Crippen molar-refractivity contribution in [3.8, 4) is 0 Å². The second kappa shape index (κ2) is 8.46. The Balaban J connectivity index is 1.58. The first-order chi connectivity index (χ1) is 13.7. The van der Waals surface area contributed by atoms with Crippen LogP contribution in [0.4, 0.5) is 5.82 Å². The fraction of sp³-hybridized carbons (Fsp3) is 0.455. The molecule has 4 rings (SSSR count). The molecule has 5 nitrogen and oxygen atoms in total. The van der Waals surface area contributed by atoms with E-state index in [-0.39, 0.29) is 0 Å². The number of hydrogen-bond donors (Lipinski definition) is 1. The predicted octanol–water partition coefficient (Wildman–Crippen LogP) is 2.33. The number of aryl methyl sites for hydroxylation is 1. The van der Waals surface area contributed by atoms with Gasteiger partial charge in [-0.1, -0.05) is 0 Å². The Morgan fingerprint density at radius 2 is 1.93 bits per heavy atom. The first-order valence-electron chi connectivity index (χ1n) is 10.1. The van der Waals surface area contributed by atoms with Crippen molar-refractivity contribution in [3.63, 3.8) is 0 Å². The molecule has 3 heterocycles. The number of hydrogen-bond acceptors (Lipinski definition) is 4. The van der Waals surface area contributed by atoms with Gasteiger partial charge >= 0.3 is 176 Å². The van der Waals surface area contributed by atoms with Crippen molar-refractivity contribution in [2.45, 2.75) is 45.8 Å². The van der Waals surface area contributed by atoms with Crippen molar-refractivity contribution in [2.75, 3.05) is 19.8 Å². The standard InChI is InChI=1S/C22H28AsN4O/c1-3-27(18-9-11-28-12-10-18)22-20(15-25-27)21(23)19(16(2)26-22)14-24-13-17-7-5-4-6-8-17/h4-8,15,18,24H,3,9-14H2,1-2H3/q+1. The molecule has 1 atom stereocenters. The zero-order chi connectivity index (χ0) is 19.6. The van der Waals surface area contributed by atoms with E-state index < -0.39 is 0 Å². The molecule has 6 heteroatoms. The van der Waals surface area contributed by atoms with Gasteiger partial charge in [0.25, 0.3) is 0 Å². The first-order valence-corrected chi connectivity index (χ1v) is 11.1. The summed E-state index contributed by atoms with van der Waals surface area (Å²) < 4.78 is 7.47. The Labute approximate surface area is 176 Å². The fourth-order valence-electron chi connectivity index (χ4n) is 4.36. The number of rotatable bonds is 6. The number of aromatic nitrogens is 1. The minimum absolute atomic E-state index is 0.456. The van der Waals surface area contributed by atoms with Gasteiger partial charge in [-0.05, 0) is 0 Å². The molecular formula is C22H28AsN4O+. The van der Waals surface area contributed by atoms with Gasteiger partial charge in [-0.3, -0.25) is 0 Å². The Kier molecular flexibility index (Phi) is 5.98. The van der Waals surface area contributed by atoms with Crippen LogP contribution in [0.5, 0.6) is 0 Å². The van der Waals surface area contributed by atoms with Crippen LogP contribution < -0.4 is 14.3 Å². The third kappa shape index (κ3) is 3.57. The summed E-state index contributed by atoms with van der Waals surface area (Å²) in [6, 6.07) is 11.0. The van der Waals surface area contributed by atoms with Gasteiger partial charge in [0.2, 0.25) is 0 Å². The van der Waals surface area contributed by atoms with Crippen molar-refractivity contribution in [2.24, 2.45) is 5.10 Å². The van der Waals surface area contributed by atoms with E-state index >= 15 is 0 Å². The van der Waals surface area contributed by atoms with Crippen molar-refractivity contribution in [3.05, 3.63) is 52.7 Å². The maximum absolute atomic E-state index is 5.59. The molecule has 0 amide bonds. The maximum atomic E-state index is 5.59. The number of benzene rings is 1. The van der Waals surface area contributed by atoms with Crippen LogP contribution in [0.15, 0.2) is 35.4 Å². The molecule has 2 aromatic rings. The average Bonchev–Trinajstić information content (AvgIpc) is 3.11. The van der Waals surface area contributed by atoms with Gasteiger partial charge in [0.15, 0.2) is 0 Å². The van der Waals surface area contributed by atoms with Crippen LogP contribution >= 0.6 is 0 Å². The molecule has 1 unspecified atom stereocenters. The van der Waals surface area contributed by atoms with Crippen LogP contribution in [0, 0.1) is 6.92 Å². The first kappa shape index (κ1) is 19.8. The molecule has 1 N–H and O–H groups in total. The Hall–Kier alpha value is -1.52. The zero-order valence-electron chi connectivity index (χ0n) is 16.7. The number of nitrogens with one attached hydrogen (secondary N) is 1. The molecule has 1 aromatic heterocycles. The molecule has 0 spiro atoms. The normalized spacial score (nSPS) is 21.8. The molecule has 2 radical (unpaired) electrons. The third-order valence-corrected chi connectivity index (χ3v) is 7.07. The summed E-state index contributed by atoms with van der Waals surface area (Å²) in [5.74, 6) is 1.12. The molecule has 1 aromatic carbocycles. The van der Waals surface area contributed by atoms with Gasteiger partial charge in [0, 0.05) is 0 Å². The molecule has 0 saturated carbocycles. The fourth-order valence-corrected chi connectivity index (χ4v) is 5.20. The second-order valence-electron chi connectivity index (χ2n) is 7.58. The summed E-state index contributed by atoms with van der Waals surface area (Å²) in [6.45, 7) is 8.59. The van der Waals surface area contributed by atoms with Gasteiger partial charge in [-0.15, -0.1) is 0 Å². The Bertz CT molecular complexity index is 865. The summed E-state index contributed by atoms with van der Waals surface area (Å²) in [4.78, 5) is 5.10. The second-order valence-corrected chi connectivity index (χ2v) is 8.52. The monoisotopic (exact) mass is 439 g/mol. The topological polar surface area (TPSA) is 46.5 Å². The SMILES string of the molecule is CC[N+]1(C2CCOCC2)N=Cc2c1nc(C)c(CNCc1ccccc1)c2[As]. The average molecular weight is 439 g/mol. The van der Waals surface area contributed by atoms with Crippen LogP contribution in [-0.4, -0.2) is 53.9 Å². The van der Waals surface area contributed by atoms with Gasteiger partial charge < -0.3 is 0 Å². The van der Waals surface area contributed by atoms with E-state index in [2.05, 4.69) is 72.6 Å². The summed E-state index contributed by atoms with van der Waals surface area (Å²) in [5, 5.41) is 8.59. The van der Waals surface area contributed by atoms with Crippen molar-refractivity contribution in [1.82, 2.24) is 14.9 Å². The van der Waals surface area contributed by atoms with Gasteiger partial charge in [0.1, 0.15) is 0 Å². The molecule has 146 valence electrons. The van der Waals surface area contributed by atoms with Gasteiger partial charge in [0.05, 0.1) is 0 Å². The van der Waals surface area contributed by atoms with E-state index in [1.807, 2.05) is 0 Å². The Morgan fingerprint density at radius 3 is 2.64 bits per heavy atom. The van der Waals surface area contributed by atoms with E-state index in [4.69, 9.17) is 14.8 Å². The minimum atomic E-state index is 0.456. The summed E-state index contributed by atoms with van der Waals surface area (Å²) in [7, 11) is 0. The quantitative estimate of drug-likeness (QED) is 0.555. The van der Waals surface area contributed by atoms with Crippen LogP contribution in [0.25, 0.3) is 0 Å². The van der Waals surface area contributed by atoms with E-state index in [1.165, 1.54) is 21.0 Å². The van der Waals surface area contributed by atoms with Crippen molar-refractivity contribution in [1.29, 1.82) is 0 Å². The summed E-state index contributed by atoms with van der Waals surface area (Å²) in [5.41, 5.74) is 4.85. The van der Waals surface area contributed by atoms with E-state index in [1.54, 1.807) is 0 Å². The molecule has 2 aliphatic rings. The van der Waals surface area contributed by atoms with Crippen LogP contribution in [0.1, 0.15) is 42.1 Å². The van der Waals surface area contributed by atoms with Crippen LogP contribution in [0.3, 0.4) is 0 Å². The molecule has 0 bridgehead atoms. The molecular weight excluding hydrogens is 411 g/mol. The van der Waals surface area contributed by atoms with E-state index in [0.717, 1.165) is 57.2 Å². The van der Waals surface area contributed by atoms with Gasteiger partial charge in [-0.2, -0.15) is 0 Å². The molecule has 28 heavy (non-hydrogen) atoms. The van der Waals surface area contributed by atoms with Crippen LogP contribution in [-0.2, 0) is 17.8 Å². The molecule has 0 aliphatic carbocycles. The van der Waals surface area contributed by atoms with E-state index in [9.17, 15) is 0 Å². The van der Waals surface area contributed by atoms with Crippen molar-refractivity contribution < 1.29 is 4.74 Å². The number of pyridine rings is 1. The zero-order valence-corrected chi connectivity index (χ0v) is 18.6. The number of fused-ring (bicyclic) bond motifs is 1. The molecule has 1 fully saturated rings. The van der Waals surface area contributed by atoms with Gasteiger partial charge in [-0.25, -0.2) is 0 Å². The number of ether oxygens (including phenoxy) is 1. The predicted molar refractivity (Wildman–Crippen MR) is 115 cm³/mol. The Morgan fingerprint density at radius 1 is 1.18 bits per heavy atom. The molecule has 1 saturated heterocycles.